The fraction of sp³-hybridized carbons (Fsp3) is 0.500. The molecule has 0 amide bonds. The van der Waals surface area contributed by atoms with Crippen LogP contribution >= 0.6 is 11.6 Å². The summed E-state index contributed by atoms with van der Waals surface area (Å²) in [6, 6.07) is 8.08. The molecule has 2 nitrogen and oxygen atoms in total. The van der Waals surface area contributed by atoms with Crippen LogP contribution in [0.3, 0.4) is 0 Å². The summed E-state index contributed by atoms with van der Waals surface area (Å²) < 4.78 is 5.44. The molecule has 1 aromatic carbocycles. The Balaban J connectivity index is 2.90. The minimum absolute atomic E-state index is 0.175. The highest BCUT2D eigenvalue weighted by molar-refractivity contribution is 6.30. The first kappa shape index (κ1) is 12.5. The second kappa shape index (κ2) is 6.11. The van der Waals surface area contributed by atoms with Gasteiger partial charge in [-0.2, -0.15) is 0 Å². The maximum atomic E-state index is 5.97. The van der Waals surface area contributed by atoms with E-state index in [1.165, 1.54) is 5.56 Å². The van der Waals surface area contributed by atoms with Gasteiger partial charge in [0.05, 0.1) is 12.1 Å². The summed E-state index contributed by atoms with van der Waals surface area (Å²) in [5.74, 6) is 0. The van der Waals surface area contributed by atoms with Gasteiger partial charge in [-0.1, -0.05) is 30.7 Å². The number of nitrogens with one attached hydrogen (secondary N) is 1. The quantitative estimate of drug-likeness (QED) is 0.835. The van der Waals surface area contributed by atoms with E-state index in [4.69, 9.17) is 16.3 Å². The van der Waals surface area contributed by atoms with E-state index in [9.17, 15) is 0 Å². The lowest BCUT2D eigenvalue weighted by atomic mass is 10.00. The molecule has 2 unspecified atom stereocenters. The van der Waals surface area contributed by atoms with Crippen LogP contribution < -0.4 is 5.32 Å². The van der Waals surface area contributed by atoms with Crippen LogP contribution in [0, 0.1) is 0 Å². The van der Waals surface area contributed by atoms with Gasteiger partial charge >= 0.3 is 0 Å². The van der Waals surface area contributed by atoms with Crippen LogP contribution in [-0.2, 0) is 4.74 Å². The molecule has 0 aliphatic heterocycles. The Kier molecular flexibility index (Phi) is 5.09. The zero-order chi connectivity index (χ0) is 11.3. The van der Waals surface area contributed by atoms with Crippen molar-refractivity contribution in [3.63, 3.8) is 0 Å². The van der Waals surface area contributed by atoms with Crippen molar-refractivity contribution in [3.05, 3.63) is 34.9 Å². The van der Waals surface area contributed by atoms with Gasteiger partial charge in [-0.05, 0) is 31.2 Å². The van der Waals surface area contributed by atoms with Crippen molar-refractivity contribution in [1.82, 2.24) is 5.32 Å². The lowest BCUT2D eigenvalue weighted by Crippen LogP contribution is -2.30. The molecule has 1 aromatic rings. The summed E-state index contributed by atoms with van der Waals surface area (Å²) in [6.07, 6.45) is 1.14. The summed E-state index contributed by atoms with van der Waals surface area (Å²) in [5.41, 5.74) is 1.17. The fourth-order valence-corrected chi connectivity index (χ4v) is 2.00. The van der Waals surface area contributed by atoms with Crippen molar-refractivity contribution in [2.75, 3.05) is 14.2 Å². The van der Waals surface area contributed by atoms with E-state index >= 15 is 0 Å². The molecular formula is C12H18ClNO. The molecule has 0 aliphatic rings. The minimum Gasteiger partial charge on any atom is -0.379 e. The number of rotatable bonds is 5. The summed E-state index contributed by atoms with van der Waals surface area (Å²) in [7, 11) is 3.68. The van der Waals surface area contributed by atoms with Crippen LogP contribution in [0.1, 0.15) is 24.9 Å². The molecule has 0 saturated heterocycles. The molecule has 0 radical (unpaired) electrons. The Hall–Kier alpha value is -0.570. The molecule has 0 aromatic heterocycles. The van der Waals surface area contributed by atoms with E-state index in [0.29, 0.717) is 0 Å². The topological polar surface area (TPSA) is 21.3 Å². The molecule has 2 atom stereocenters. The molecule has 1 rings (SSSR count). The normalized spacial score (nSPS) is 14.9. The van der Waals surface area contributed by atoms with Gasteiger partial charge < -0.3 is 10.1 Å². The number of methoxy groups -OCH3 is 1. The van der Waals surface area contributed by atoms with E-state index in [-0.39, 0.29) is 12.1 Å². The minimum atomic E-state index is 0.175. The molecule has 0 saturated carbocycles. The van der Waals surface area contributed by atoms with Crippen molar-refractivity contribution in [2.45, 2.75) is 25.5 Å². The Bertz CT molecular complexity index is 299. The highest BCUT2D eigenvalue weighted by atomic mass is 35.5. The standard InChI is InChI=1S/C12H18ClNO/c1-4-11(15-3)12(14-2)9-6-5-7-10(13)8-9/h5-8,11-12,14H,4H2,1-3H3. The van der Waals surface area contributed by atoms with Crippen LogP contribution in [0.15, 0.2) is 24.3 Å². The van der Waals surface area contributed by atoms with Crippen LogP contribution in [0.2, 0.25) is 5.02 Å². The Morgan fingerprint density at radius 3 is 2.67 bits per heavy atom. The molecule has 0 fully saturated rings. The summed E-state index contributed by atoms with van der Waals surface area (Å²) in [4.78, 5) is 0. The lowest BCUT2D eigenvalue weighted by Gasteiger charge is -2.25. The predicted molar refractivity (Wildman–Crippen MR) is 64.3 cm³/mol. The zero-order valence-corrected chi connectivity index (χ0v) is 10.2. The molecule has 15 heavy (non-hydrogen) atoms. The van der Waals surface area contributed by atoms with Gasteiger partial charge in [0.25, 0.3) is 0 Å². The molecule has 3 heteroatoms. The van der Waals surface area contributed by atoms with Gasteiger partial charge in [0.15, 0.2) is 0 Å². The Labute approximate surface area is 96.6 Å². The fourth-order valence-electron chi connectivity index (χ4n) is 1.81. The Morgan fingerprint density at radius 2 is 2.20 bits per heavy atom. The van der Waals surface area contributed by atoms with Crippen LogP contribution in [0.4, 0.5) is 0 Å². The third kappa shape index (κ3) is 3.20. The second-order valence-electron chi connectivity index (χ2n) is 3.50. The van der Waals surface area contributed by atoms with Gasteiger partial charge in [0, 0.05) is 12.1 Å². The van der Waals surface area contributed by atoms with E-state index in [1.54, 1.807) is 7.11 Å². The molecule has 0 spiro atoms. The van der Waals surface area contributed by atoms with Crippen molar-refractivity contribution in [3.8, 4) is 0 Å². The number of hydrogen-bond acceptors (Lipinski definition) is 2. The average molecular weight is 228 g/mol. The largest absolute Gasteiger partial charge is 0.379 e. The highest BCUT2D eigenvalue weighted by Crippen LogP contribution is 2.23. The summed E-state index contributed by atoms with van der Waals surface area (Å²) in [5, 5.41) is 4.03. The zero-order valence-electron chi connectivity index (χ0n) is 9.46. The van der Waals surface area contributed by atoms with E-state index in [1.807, 2.05) is 25.2 Å². The van der Waals surface area contributed by atoms with Crippen LogP contribution in [0.25, 0.3) is 0 Å². The smallest absolute Gasteiger partial charge is 0.0763 e. The summed E-state index contributed by atoms with van der Waals surface area (Å²) >= 11 is 5.97. The number of halogens is 1. The summed E-state index contributed by atoms with van der Waals surface area (Å²) in [6.45, 7) is 2.11. The lowest BCUT2D eigenvalue weighted by molar-refractivity contribution is 0.0676. The second-order valence-corrected chi connectivity index (χ2v) is 3.94. The maximum absolute atomic E-state index is 5.97. The van der Waals surface area contributed by atoms with Crippen LogP contribution in [-0.4, -0.2) is 20.3 Å². The van der Waals surface area contributed by atoms with Gasteiger partial charge in [-0.3, -0.25) is 0 Å². The van der Waals surface area contributed by atoms with Crippen LogP contribution in [0.5, 0.6) is 0 Å². The monoisotopic (exact) mass is 227 g/mol. The highest BCUT2D eigenvalue weighted by Gasteiger charge is 2.19. The van der Waals surface area contributed by atoms with Gasteiger partial charge in [-0.15, -0.1) is 0 Å². The Morgan fingerprint density at radius 1 is 1.47 bits per heavy atom. The maximum Gasteiger partial charge on any atom is 0.0763 e. The van der Waals surface area contributed by atoms with E-state index in [0.717, 1.165) is 11.4 Å². The first-order chi connectivity index (χ1) is 7.22. The third-order valence-electron chi connectivity index (χ3n) is 2.60. The van der Waals surface area contributed by atoms with E-state index in [2.05, 4.69) is 18.3 Å². The van der Waals surface area contributed by atoms with Gasteiger partial charge in [0.1, 0.15) is 0 Å². The van der Waals surface area contributed by atoms with Crippen molar-refractivity contribution in [2.24, 2.45) is 0 Å². The molecule has 0 bridgehead atoms. The molecule has 0 aliphatic carbocycles. The average Bonchev–Trinajstić information content (AvgIpc) is 2.25. The van der Waals surface area contributed by atoms with Gasteiger partial charge in [-0.25, -0.2) is 0 Å². The first-order valence-corrected chi connectivity index (χ1v) is 5.56. The van der Waals surface area contributed by atoms with Gasteiger partial charge in [0.2, 0.25) is 0 Å². The molecule has 0 heterocycles. The number of likely N-dealkylation sites (N-methyl/N-ethyl adjacent to an activating group) is 1. The van der Waals surface area contributed by atoms with Crippen molar-refractivity contribution in [1.29, 1.82) is 0 Å². The molecular weight excluding hydrogens is 210 g/mol. The number of benzene rings is 1. The number of hydrogen-bond donors (Lipinski definition) is 1. The predicted octanol–water partition coefficient (Wildman–Crippen LogP) is 3.03. The SMILES string of the molecule is CCC(OC)C(NC)c1cccc(Cl)c1. The van der Waals surface area contributed by atoms with E-state index < -0.39 is 0 Å². The molecule has 84 valence electrons. The van der Waals surface area contributed by atoms with Crippen molar-refractivity contribution >= 4 is 11.6 Å². The van der Waals surface area contributed by atoms with Crippen molar-refractivity contribution < 1.29 is 4.74 Å². The first-order valence-electron chi connectivity index (χ1n) is 5.18. The number of ether oxygens (including phenoxy) is 1. The molecule has 1 N–H and O–H groups in total. The third-order valence-corrected chi connectivity index (χ3v) is 2.83.